The number of carbonyl (C=O) groups is 1. The molecule has 0 saturated carbocycles. The molecule has 0 fully saturated rings. The number of aromatic amines is 1. The monoisotopic (exact) mass is 490 g/mol. The lowest BCUT2D eigenvalue weighted by Gasteiger charge is -2.23. The zero-order valence-corrected chi connectivity index (χ0v) is 20.2. The van der Waals surface area contributed by atoms with Crippen molar-refractivity contribution < 1.29 is 9.21 Å². The minimum Gasteiger partial charge on any atom is -0.403 e. The van der Waals surface area contributed by atoms with Gasteiger partial charge in [-0.25, -0.2) is 4.98 Å². The van der Waals surface area contributed by atoms with E-state index in [4.69, 9.17) is 16.0 Å². The highest BCUT2D eigenvalue weighted by Crippen LogP contribution is 2.35. The van der Waals surface area contributed by atoms with E-state index in [0.717, 1.165) is 16.5 Å². The van der Waals surface area contributed by atoms with E-state index in [1.165, 1.54) is 0 Å². The molecule has 11 heteroatoms. The first-order valence-corrected chi connectivity index (χ1v) is 11.4. The Hall–Kier alpha value is -4.18. The molecule has 0 aliphatic carbocycles. The second kappa shape index (κ2) is 9.22. The van der Waals surface area contributed by atoms with Crippen LogP contribution in [0.4, 0.5) is 11.7 Å². The van der Waals surface area contributed by atoms with Crippen molar-refractivity contribution in [3.8, 4) is 22.6 Å². The minimum absolute atomic E-state index is 0.00367. The average Bonchev–Trinajstić information content (AvgIpc) is 3.61. The molecule has 1 amide bonds. The first-order valence-electron chi connectivity index (χ1n) is 11.0. The van der Waals surface area contributed by atoms with Crippen LogP contribution in [0.2, 0.25) is 5.02 Å². The summed E-state index contributed by atoms with van der Waals surface area (Å²) in [7, 11) is 3.61. The number of benzene rings is 1. The smallest absolute Gasteiger partial charge is 0.323 e. The van der Waals surface area contributed by atoms with Crippen molar-refractivity contribution in [3.63, 3.8) is 0 Å². The highest BCUT2D eigenvalue weighted by atomic mass is 35.5. The van der Waals surface area contributed by atoms with Crippen molar-refractivity contribution in [1.29, 1.82) is 0 Å². The standard InChI is InChI=1S/C24H23ClN8O2/c1-4-31(2)21(34)14-33(20-8-6-5-7-19(20)25)24-30-29-23(35-24)18-12-27-22-17(18)9-15(10-26-22)16-11-28-32(3)13-16/h5-13H,4,14H2,1-3H3,(H,26,27). The Morgan fingerprint density at radius 1 is 1.20 bits per heavy atom. The summed E-state index contributed by atoms with van der Waals surface area (Å²) in [4.78, 5) is 23.7. The number of nitrogens with zero attached hydrogens (tertiary/aromatic N) is 7. The van der Waals surface area contributed by atoms with Crippen LogP contribution in [0, 0.1) is 0 Å². The Balaban J connectivity index is 1.54. The molecule has 0 aliphatic heterocycles. The van der Waals surface area contributed by atoms with Crippen molar-refractivity contribution in [2.24, 2.45) is 7.05 Å². The number of carbonyl (C=O) groups excluding carboxylic acids is 1. The van der Waals surface area contributed by atoms with Gasteiger partial charge in [-0.2, -0.15) is 5.10 Å². The first kappa shape index (κ1) is 22.6. The molecule has 4 aromatic heterocycles. The fraction of sp³-hybridized carbons (Fsp3) is 0.208. The summed E-state index contributed by atoms with van der Waals surface area (Å²) in [6.07, 6.45) is 7.27. The molecule has 178 valence electrons. The summed E-state index contributed by atoms with van der Waals surface area (Å²) in [5, 5.41) is 14.1. The Kier molecular flexibility index (Phi) is 5.96. The molecule has 0 spiro atoms. The summed E-state index contributed by atoms with van der Waals surface area (Å²) in [5.41, 5.74) is 3.85. The van der Waals surface area contributed by atoms with Crippen LogP contribution in [-0.2, 0) is 11.8 Å². The van der Waals surface area contributed by atoms with Gasteiger partial charge in [0.15, 0.2) is 0 Å². The SMILES string of the molecule is CCN(C)C(=O)CN(c1nnc(-c2c[nH]c3ncc(-c4cnn(C)c4)cc23)o1)c1ccccc1Cl. The molecule has 0 saturated heterocycles. The lowest BCUT2D eigenvalue weighted by Crippen LogP contribution is -2.36. The summed E-state index contributed by atoms with van der Waals surface area (Å²) < 4.78 is 7.82. The van der Waals surface area contributed by atoms with Crippen molar-refractivity contribution in [1.82, 2.24) is 34.8 Å². The third-order valence-electron chi connectivity index (χ3n) is 5.78. The Bertz CT molecular complexity index is 1500. The highest BCUT2D eigenvalue weighted by molar-refractivity contribution is 6.33. The van der Waals surface area contributed by atoms with Gasteiger partial charge in [0.2, 0.25) is 5.91 Å². The van der Waals surface area contributed by atoms with Crippen molar-refractivity contribution in [3.05, 3.63) is 60.1 Å². The molecular formula is C24H23ClN8O2. The van der Waals surface area contributed by atoms with E-state index in [1.54, 1.807) is 52.3 Å². The molecule has 0 radical (unpaired) electrons. The minimum atomic E-state index is -0.107. The number of anilines is 2. The van der Waals surface area contributed by atoms with Crippen molar-refractivity contribution in [2.45, 2.75) is 6.92 Å². The van der Waals surface area contributed by atoms with Gasteiger partial charge in [0.25, 0.3) is 5.89 Å². The van der Waals surface area contributed by atoms with E-state index in [0.29, 0.717) is 34.4 Å². The largest absolute Gasteiger partial charge is 0.403 e. The van der Waals surface area contributed by atoms with Gasteiger partial charge in [0.05, 0.1) is 22.5 Å². The quantitative estimate of drug-likeness (QED) is 0.362. The van der Waals surface area contributed by atoms with E-state index in [9.17, 15) is 4.79 Å². The molecule has 10 nitrogen and oxygen atoms in total. The predicted octanol–water partition coefficient (Wildman–Crippen LogP) is 4.28. The fourth-order valence-electron chi connectivity index (χ4n) is 3.70. The summed E-state index contributed by atoms with van der Waals surface area (Å²) in [6, 6.07) is 9.38. The van der Waals surface area contributed by atoms with Gasteiger partial charge in [-0.1, -0.05) is 28.8 Å². The van der Waals surface area contributed by atoms with Crippen LogP contribution in [0.1, 0.15) is 6.92 Å². The van der Waals surface area contributed by atoms with Gasteiger partial charge in [-0.15, -0.1) is 5.10 Å². The first-order chi connectivity index (χ1) is 16.9. The number of hydrogen-bond acceptors (Lipinski definition) is 7. The maximum absolute atomic E-state index is 12.8. The third-order valence-corrected chi connectivity index (χ3v) is 6.10. The van der Waals surface area contributed by atoms with E-state index in [2.05, 4.69) is 25.3 Å². The Morgan fingerprint density at radius 3 is 2.77 bits per heavy atom. The van der Waals surface area contributed by atoms with Crippen molar-refractivity contribution in [2.75, 3.05) is 25.0 Å². The zero-order valence-electron chi connectivity index (χ0n) is 19.4. The van der Waals surface area contributed by atoms with Crippen LogP contribution in [0.5, 0.6) is 0 Å². The normalized spacial score (nSPS) is 11.2. The van der Waals surface area contributed by atoms with E-state index >= 15 is 0 Å². The van der Waals surface area contributed by atoms with Gasteiger partial charge < -0.3 is 14.3 Å². The number of fused-ring (bicyclic) bond motifs is 1. The number of rotatable bonds is 7. The average molecular weight is 491 g/mol. The number of aromatic nitrogens is 6. The molecule has 1 aromatic carbocycles. The number of halogens is 1. The van der Waals surface area contributed by atoms with Crippen LogP contribution in [0.25, 0.3) is 33.6 Å². The summed E-state index contributed by atoms with van der Waals surface area (Å²) >= 11 is 6.45. The van der Waals surface area contributed by atoms with E-state index in [1.807, 2.05) is 38.4 Å². The molecule has 1 N–H and O–H groups in total. The van der Waals surface area contributed by atoms with Crippen LogP contribution in [0.15, 0.2) is 59.5 Å². The number of nitrogens with one attached hydrogen (secondary N) is 1. The molecule has 0 atom stereocenters. The lowest BCUT2D eigenvalue weighted by atomic mass is 10.1. The number of amides is 1. The predicted molar refractivity (Wildman–Crippen MR) is 133 cm³/mol. The summed E-state index contributed by atoms with van der Waals surface area (Å²) in [6.45, 7) is 2.48. The Morgan fingerprint density at radius 2 is 2.03 bits per heavy atom. The maximum Gasteiger partial charge on any atom is 0.323 e. The van der Waals surface area contributed by atoms with E-state index < -0.39 is 0 Å². The lowest BCUT2D eigenvalue weighted by molar-refractivity contribution is -0.128. The van der Waals surface area contributed by atoms with E-state index in [-0.39, 0.29) is 18.5 Å². The molecule has 0 aliphatic rings. The number of pyridine rings is 1. The number of para-hydroxylation sites is 1. The Labute approximate surface area is 206 Å². The molecule has 0 unspecified atom stereocenters. The molecule has 5 rings (SSSR count). The van der Waals surface area contributed by atoms with Crippen LogP contribution in [-0.4, -0.2) is 60.9 Å². The second-order valence-corrected chi connectivity index (χ2v) is 8.47. The van der Waals surface area contributed by atoms with Crippen LogP contribution in [0.3, 0.4) is 0 Å². The number of likely N-dealkylation sites (N-methyl/N-ethyl adjacent to an activating group) is 1. The zero-order chi connectivity index (χ0) is 24.5. The van der Waals surface area contributed by atoms with Gasteiger partial charge in [-0.3, -0.25) is 14.4 Å². The fourth-order valence-corrected chi connectivity index (χ4v) is 3.94. The third kappa shape index (κ3) is 4.35. The molecule has 4 heterocycles. The molecule has 0 bridgehead atoms. The van der Waals surface area contributed by atoms with Gasteiger partial charge in [-0.05, 0) is 25.1 Å². The highest BCUT2D eigenvalue weighted by Gasteiger charge is 2.24. The number of aryl methyl sites for hydroxylation is 1. The summed E-state index contributed by atoms with van der Waals surface area (Å²) in [5.74, 6) is 0.189. The maximum atomic E-state index is 12.8. The van der Waals surface area contributed by atoms with Gasteiger partial charge in [0, 0.05) is 55.7 Å². The molecule has 5 aromatic rings. The van der Waals surface area contributed by atoms with Crippen LogP contribution >= 0.6 is 11.6 Å². The number of H-pyrrole nitrogens is 1. The number of hydrogen-bond donors (Lipinski definition) is 1. The van der Waals surface area contributed by atoms with Crippen LogP contribution < -0.4 is 4.90 Å². The van der Waals surface area contributed by atoms with Gasteiger partial charge >= 0.3 is 6.01 Å². The molecule has 35 heavy (non-hydrogen) atoms. The molecular weight excluding hydrogens is 468 g/mol. The second-order valence-electron chi connectivity index (χ2n) is 8.06. The van der Waals surface area contributed by atoms with Crippen molar-refractivity contribution >= 4 is 40.2 Å². The van der Waals surface area contributed by atoms with Gasteiger partial charge in [0.1, 0.15) is 12.2 Å². The topological polar surface area (TPSA) is 109 Å².